The van der Waals surface area contributed by atoms with Gasteiger partial charge < -0.3 is 15.0 Å². The highest BCUT2D eigenvalue weighted by Gasteiger charge is 2.31. The van der Waals surface area contributed by atoms with Crippen LogP contribution >= 0.6 is 0 Å². The molecule has 0 amide bonds. The molecule has 30 heavy (non-hydrogen) atoms. The van der Waals surface area contributed by atoms with Crippen LogP contribution in [0.25, 0.3) is 5.69 Å². The van der Waals surface area contributed by atoms with Crippen LogP contribution in [0.3, 0.4) is 0 Å². The lowest BCUT2D eigenvalue weighted by Crippen LogP contribution is -2.42. The van der Waals surface area contributed by atoms with Crippen molar-refractivity contribution < 1.29 is 9.13 Å². The van der Waals surface area contributed by atoms with Gasteiger partial charge in [-0.25, -0.2) is 9.07 Å². The molecule has 2 aromatic carbocycles. The van der Waals surface area contributed by atoms with Crippen LogP contribution in [0.2, 0.25) is 0 Å². The Hall–Kier alpha value is -2.93. The third kappa shape index (κ3) is 4.03. The molecule has 2 saturated heterocycles. The average molecular weight is 407 g/mol. The summed E-state index contributed by atoms with van der Waals surface area (Å²) in [7, 11) is 0. The van der Waals surface area contributed by atoms with E-state index in [-0.39, 0.29) is 5.82 Å². The van der Waals surface area contributed by atoms with Gasteiger partial charge in [0.05, 0.1) is 18.9 Å². The first kappa shape index (κ1) is 19.1. The van der Waals surface area contributed by atoms with Crippen LogP contribution in [0.15, 0.2) is 48.8 Å². The van der Waals surface area contributed by atoms with Gasteiger partial charge in [-0.3, -0.25) is 0 Å². The maximum Gasteiger partial charge on any atom is 0.246 e. The highest BCUT2D eigenvalue weighted by molar-refractivity contribution is 5.64. The molecule has 1 aromatic heterocycles. The van der Waals surface area contributed by atoms with Crippen LogP contribution in [-0.4, -0.2) is 41.1 Å². The molecule has 0 atom stereocenters. The molecule has 1 N–H and O–H groups in total. The minimum Gasteiger partial charge on any atom is -0.381 e. The number of anilines is 3. The number of nitrogens with zero attached hydrogens (tertiary/aromatic N) is 4. The zero-order chi connectivity index (χ0) is 20.5. The molecule has 0 radical (unpaired) electrons. The maximum absolute atomic E-state index is 13.5. The van der Waals surface area contributed by atoms with Gasteiger partial charge in [0.2, 0.25) is 5.95 Å². The highest BCUT2D eigenvalue weighted by atomic mass is 19.1. The van der Waals surface area contributed by atoms with Crippen LogP contribution in [0.4, 0.5) is 21.7 Å². The Kier molecular flexibility index (Phi) is 5.12. The Labute approximate surface area is 175 Å². The van der Waals surface area contributed by atoms with E-state index in [0.717, 1.165) is 43.8 Å². The molecule has 5 rings (SSSR count). The first-order valence-electron chi connectivity index (χ1n) is 10.5. The molecule has 3 heterocycles. The van der Waals surface area contributed by atoms with Gasteiger partial charge in [0, 0.05) is 30.4 Å². The summed E-state index contributed by atoms with van der Waals surface area (Å²) < 4.78 is 20.4. The van der Waals surface area contributed by atoms with Gasteiger partial charge in [0.1, 0.15) is 12.1 Å². The number of benzene rings is 2. The second kappa shape index (κ2) is 8.07. The van der Waals surface area contributed by atoms with Gasteiger partial charge in [-0.15, -0.1) is 5.10 Å². The van der Waals surface area contributed by atoms with Crippen LogP contribution < -0.4 is 10.2 Å². The predicted molar refractivity (Wildman–Crippen MR) is 115 cm³/mol. The van der Waals surface area contributed by atoms with Crippen molar-refractivity contribution in [2.24, 2.45) is 11.8 Å². The zero-order valence-electron chi connectivity index (χ0n) is 17.1. The number of hydrogen-bond donors (Lipinski definition) is 1. The van der Waals surface area contributed by atoms with Crippen LogP contribution in [0.1, 0.15) is 18.4 Å². The molecule has 0 saturated carbocycles. The molecule has 7 heteroatoms. The zero-order valence-corrected chi connectivity index (χ0v) is 17.1. The number of piperidine rings is 1. The summed E-state index contributed by atoms with van der Waals surface area (Å²) in [6.45, 7) is 6.15. The highest BCUT2D eigenvalue weighted by Crippen LogP contribution is 2.33. The van der Waals surface area contributed by atoms with E-state index < -0.39 is 0 Å². The van der Waals surface area contributed by atoms with Crippen molar-refractivity contribution in [3.05, 3.63) is 60.2 Å². The molecule has 156 valence electrons. The summed E-state index contributed by atoms with van der Waals surface area (Å²) in [4.78, 5) is 6.79. The molecule has 0 unspecified atom stereocenters. The summed E-state index contributed by atoms with van der Waals surface area (Å²) in [6, 6.07) is 12.8. The summed E-state index contributed by atoms with van der Waals surface area (Å²) in [5.74, 6) is 1.75. The monoisotopic (exact) mass is 407 g/mol. The lowest BCUT2D eigenvalue weighted by Gasteiger charge is -2.40. The quantitative estimate of drug-likeness (QED) is 0.683. The molecule has 2 aliphatic heterocycles. The van der Waals surface area contributed by atoms with Gasteiger partial charge in [-0.2, -0.15) is 4.98 Å². The van der Waals surface area contributed by atoms with Gasteiger partial charge in [0.15, 0.2) is 0 Å². The first-order valence-corrected chi connectivity index (χ1v) is 10.5. The van der Waals surface area contributed by atoms with Gasteiger partial charge >= 0.3 is 0 Å². The van der Waals surface area contributed by atoms with Crippen molar-refractivity contribution in [1.29, 1.82) is 0 Å². The fourth-order valence-corrected chi connectivity index (χ4v) is 4.37. The van der Waals surface area contributed by atoms with E-state index in [1.54, 1.807) is 23.1 Å². The Morgan fingerprint density at radius 1 is 1.03 bits per heavy atom. The Morgan fingerprint density at radius 3 is 2.60 bits per heavy atom. The number of rotatable bonds is 5. The molecule has 6 nitrogen and oxygen atoms in total. The number of nitrogens with one attached hydrogen (secondary N) is 1. The Bertz CT molecular complexity index is 1020. The summed E-state index contributed by atoms with van der Waals surface area (Å²) >= 11 is 0. The molecule has 2 aliphatic rings. The lowest BCUT2D eigenvalue weighted by atomic mass is 9.83. The maximum atomic E-state index is 13.5. The topological polar surface area (TPSA) is 55.2 Å². The molecule has 0 bridgehead atoms. The Morgan fingerprint density at radius 2 is 1.87 bits per heavy atom. The number of ether oxygens (including phenoxy) is 1. The van der Waals surface area contributed by atoms with E-state index in [0.29, 0.717) is 11.6 Å². The fourth-order valence-electron chi connectivity index (χ4n) is 4.37. The van der Waals surface area contributed by atoms with Crippen LogP contribution in [0.5, 0.6) is 0 Å². The van der Waals surface area contributed by atoms with E-state index in [4.69, 9.17) is 4.74 Å². The first-order chi connectivity index (χ1) is 14.6. The smallest absolute Gasteiger partial charge is 0.246 e. The Balaban J connectivity index is 1.28. The fraction of sp³-hybridized carbons (Fsp3) is 0.391. The SMILES string of the molecule is Cc1cc(Nc2ncn(-c3cccc(F)c3)n2)cc(N2CCC(C3COC3)CC2)c1. The van der Waals surface area contributed by atoms with E-state index in [2.05, 4.69) is 45.4 Å². The van der Waals surface area contributed by atoms with Crippen LogP contribution in [0, 0.1) is 24.6 Å². The number of hydrogen-bond acceptors (Lipinski definition) is 5. The predicted octanol–water partition coefficient (Wildman–Crippen LogP) is 4.32. The second-order valence-corrected chi connectivity index (χ2v) is 8.30. The normalized spacial score (nSPS) is 17.7. The number of aromatic nitrogens is 3. The third-order valence-electron chi connectivity index (χ3n) is 6.12. The minimum absolute atomic E-state index is 0.297. The summed E-state index contributed by atoms with van der Waals surface area (Å²) in [5, 5.41) is 7.73. The van der Waals surface area contributed by atoms with Crippen molar-refractivity contribution in [3.63, 3.8) is 0 Å². The largest absolute Gasteiger partial charge is 0.381 e. The lowest BCUT2D eigenvalue weighted by molar-refractivity contribution is -0.0650. The van der Waals surface area contributed by atoms with E-state index in [1.807, 2.05) is 0 Å². The van der Waals surface area contributed by atoms with E-state index in [1.165, 1.54) is 36.2 Å². The van der Waals surface area contributed by atoms with Crippen molar-refractivity contribution in [3.8, 4) is 5.69 Å². The van der Waals surface area contributed by atoms with Crippen LogP contribution in [-0.2, 0) is 4.74 Å². The molecular weight excluding hydrogens is 381 g/mol. The minimum atomic E-state index is -0.297. The number of aryl methyl sites for hydroxylation is 1. The average Bonchev–Trinajstić information content (AvgIpc) is 3.15. The third-order valence-corrected chi connectivity index (χ3v) is 6.12. The van der Waals surface area contributed by atoms with Crippen molar-refractivity contribution >= 4 is 17.3 Å². The van der Waals surface area contributed by atoms with Crippen molar-refractivity contribution in [1.82, 2.24) is 14.8 Å². The van der Waals surface area contributed by atoms with Gasteiger partial charge in [-0.05, 0) is 67.6 Å². The molecule has 0 aliphatic carbocycles. The van der Waals surface area contributed by atoms with Gasteiger partial charge in [0.25, 0.3) is 0 Å². The van der Waals surface area contributed by atoms with E-state index in [9.17, 15) is 4.39 Å². The van der Waals surface area contributed by atoms with Crippen molar-refractivity contribution in [2.45, 2.75) is 19.8 Å². The molecule has 3 aromatic rings. The summed E-state index contributed by atoms with van der Waals surface area (Å²) in [6.07, 6.45) is 4.04. The second-order valence-electron chi connectivity index (χ2n) is 8.30. The van der Waals surface area contributed by atoms with Crippen molar-refractivity contribution in [2.75, 3.05) is 36.5 Å². The molecular formula is C23H26FN5O. The molecule has 2 fully saturated rings. The number of halogens is 1. The van der Waals surface area contributed by atoms with Gasteiger partial charge in [-0.1, -0.05) is 6.07 Å². The van der Waals surface area contributed by atoms with E-state index >= 15 is 0 Å². The molecule has 0 spiro atoms. The standard InChI is InChI=1S/C23H26FN5O/c1-16-9-20(26-23-25-15-29(27-23)21-4-2-3-19(24)11-21)12-22(10-16)28-7-5-17(6-8-28)18-13-30-14-18/h2-4,9-12,15,17-18H,5-8,13-14H2,1H3,(H,26,27). The summed E-state index contributed by atoms with van der Waals surface area (Å²) in [5.41, 5.74) is 4.01.